The van der Waals surface area contributed by atoms with E-state index >= 15 is 0 Å². The van der Waals surface area contributed by atoms with Crippen LogP contribution in [0.5, 0.6) is 0 Å². The highest BCUT2D eigenvalue weighted by Crippen LogP contribution is 2.35. The lowest BCUT2D eigenvalue weighted by Crippen LogP contribution is -2.29. The van der Waals surface area contributed by atoms with Crippen LogP contribution in [0.25, 0.3) is 0 Å². The molecule has 0 unspecified atom stereocenters. The number of aromatic nitrogens is 1. The van der Waals surface area contributed by atoms with Crippen LogP contribution in [0.2, 0.25) is 5.02 Å². The molecule has 0 amide bonds. The lowest BCUT2D eigenvalue weighted by atomic mass is 10.2. The van der Waals surface area contributed by atoms with Gasteiger partial charge in [-0.15, -0.1) is 0 Å². The van der Waals surface area contributed by atoms with E-state index in [4.69, 9.17) is 11.6 Å². The van der Waals surface area contributed by atoms with Crippen molar-refractivity contribution in [1.82, 2.24) is 10.3 Å². The summed E-state index contributed by atoms with van der Waals surface area (Å²) in [6.45, 7) is 7.46. The summed E-state index contributed by atoms with van der Waals surface area (Å²) in [5.41, 5.74) is 1.16. The number of hydrogen-bond donors (Lipinski definition) is 1. The van der Waals surface area contributed by atoms with Gasteiger partial charge in [0.15, 0.2) is 0 Å². The van der Waals surface area contributed by atoms with Gasteiger partial charge in [-0.2, -0.15) is 0 Å². The molecule has 2 aliphatic carbocycles. The molecule has 0 saturated heterocycles. The van der Waals surface area contributed by atoms with E-state index in [1.165, 1.54) is 38.8 Å². The number of anilines is 1. The zero-order valence-corrected chi connectivity index (χ0v) is 13.9. The van der Waals surface area contributed by atoms with Crippen LogP contribution in [0.4, 0.5) is 5.82 Å². The molecule has 4 heteroatoms. The summed E-state index contributed by atoms with van der Waals surface area (Å²) < 4.78 is 0. The molecule has 1 N–H and O–H groups in total. The summed E-state index contributed by atoms with van der Waals surface area (Å²) in [6, 6.07) is 2.65. The van der Waals surface area contributed by atoms with E-state index in [-0.39, 0.29) is 0 Å². The van der Waals surface area contributed by atoms with E-state index in [0.29, 0.717) is 6.04 Å². The van der Waals surface area contributed by atoms with Gasteiger partial charge in [0, 0.05) is 31.9 Å². The Labute approximate surface area is 133 Å². The highest BCUT2D eigenvalue weighted by atomic mass is 35.5. The van der Waals surface area contributed by atoms with Crippen LogP contribution in [-0.4, -0.2) is 24.1 Å². The Morgan fingerprint density at radius 3 is 2.38 bits per heavy atom. The van der Waals surface area contributed by atoms with Crippen molar-refractivity contribution in [3.8, 4) is 0 Å². The molecule has 2 saturated carbocycles. The van der Waals surface area contributed by atoms with Crippen molar-refractivity contribution < 1.29 is 0 Å². The molecule has 1 aromatic rings. The summed E-state index contributed by atoms with van der Waals surface area (Å²) >= 11 is 6.30. The Bertz CT molecular complexity index is 467. The lowest BCUT2D eigenvalue weighted by Gasteiger charge is -2.24. The molecule has 1 heterocycles. The van der Waals surface area contributed by atoms with Crippen molar-refractivity contribution in [2.24, 2.45) is 11.8 Å². The fraction of sp³-hybridized carbons (Fsp3) is 0.706. The van der Waals surface area contributed by atoms with Gasteiger partial charge in [-0.25, -0.2) is 4.98 Å². The second-order valence-corrected chi connectivity index (χ2v) is 7.37. The summed E-state index contributed by atoms with van der Waals surface area (Å²) in [7, 11) is 0. The second-order valence-electron chi connectivity index (χ2n) is 6.96. The van der Waals surface area contributed by atoms with Crippen LogP contribution in [0.15, 0.2) is 12.3 Å². The number of rotatable bonds is 8. The second kappa shape index (κ2) is 6.53. The molecule has 0 spiro atoms. The van der Waals surface area contributed by atoms with Gasteiger partial charge in [0.25, 0.3) is 0 Å². The van der Waals surface area contributed by atoms with Gasteiger partial charge in [-0.3, -0.25) is 0 Å². The van der Waals surface area contributed by atoms with Crippen molar-refractivity contribution in [2.45, 2.75) is 52.1 Å². The molecule has 21 heavy (non-hydrogen) atoms. The minimum Gasteiger partial charge on any atom is -0.356 e. The fourth-order valence-corrected chi connectivity index (χ4v) is 2.75. The van der Waals surface area contributed by atoms with Gasteiger partial charge in [-0.1, -0.05) is 25.4 Å². The van der Waals surface area contributed by atoms with E-state index in [1.807, 2.05) is 6.20 Å². The SMILES string of the molecule is CC(C)NCc1cc(N(CC2CC2)CC2CC2)ncc1Cl. The highest BCUT2D eigenvalue weighted by molar-refractivity contribution is 6.31. The van der Waals surface area contributed by atoms with Crippen LogP contribution in [0.1, 0.15) is 45.1 Å². The number of nitrogens with one attached hydrogen (secondary N) is 1. The first-order valence-corrected chi connectivity index (χ1v) is 8.62. The van der Waals surface area contributed by atoms with Crippen molar-refractivity contribution >= 4 is 17.4 Å². The maximum atomic E-state index is 6.30. The van der Waals surface area contributed by atoms with Gasteiger partial charge >= 0.3 is 0 Å². The Morgan fingerprint density at radius 2 is 1.86 bits per heavy atom. The monoisotopic (exact) mass is 307 g/mol. The molecule has 0 radical (unpaired) electrons. The molecular formula is C17H26ClN3. The van der Waals surface area contributed by atoms with Crippen molar-refractivity contribution in [3.05, 3.63) is 22.8 Å². The van der Waals surface area contributed by atoms with Gasteiger partial charge in [0.1, 0.15) is 5.82 Å². The van der Waals surface area contributed by atoms with E-state index in [1.54, 1.807) is 0 Å². The van der Waals surface area contributed by atoms with E-state index < -0.39 is 0 Å². The first-order chi connectivity index (χ1) is 10.1. The molecular weight excluding hydrogens is 282 g/mol. The predicted octanol–water partition coefficient (Wildman–Crippen LogP) is 3.86. The molecule has 2 aliphatic rings. The molecule has 0 aliphatic heterocycles. The molecule has 0 aromatic carbocycles. The molecule has 3 rings (SSSR count). The molecule has 0 atom stereocenters. The Balaban J connectivity index is 1.72. The Kier molecular flexibility index (Phi) is 4.70. The third-order valence-electron chi connectivity index (χ3n) is 4.30. The average molecular weight is 308 g/mol. The van der Waals surface area contributed by atoms with Crippen LogP contribution in [0, 0.1) is 11.8 Å². The lowest BCUT2D eigenvalue weighted by molar-refractivity contribution is 0.588. The Hall–Kier alpha value is -0.800. The smallest absolute Gasteiger partial charge is 0.128 e. The van der Waals surface area contributed by atoms with E-state index in [2.05, 4.69) is 35.1 Å². The van der Waals surface area contributed by atoms with Crippen LogP contribution < -0.4 is 10.2 Å². The number of nitrogens with zero attached hydrogens (tertiary/aromatic N) is 2. The molecule has 1 aromatic heterocycles. The molecule has 0 bridgehead atoms. The maximum Gasteiger partial charge on any atom is 0.128 e. The summed E-state index contributed by atoms with van der Waals surface area (Å²) in [4.78, 5) is 7.08. The van der Waals surface area contributed by atoms with Crippen LogP contribution >= 0.6 is 11.6 Å². The Morgan fingerprint density at radius 1 is 1.24 bits per heavy atom. The van der Waals surface area contributed by atoms with Crippen molar-refractivity contribution in [1.29, 1.82) is 0 Å². The summed E-state index contributed by atoms with van der Waals surface area (Å²) in [6.07, 6.45) is 7.36. The van der Waals surface area contributed by atoms with Crippen LogP contribution in [-0.2, 0) is 6.54 Å². The number of hydrogen-bond acceptors (Lipinski definition) is 3. The largest absolute Gasteiger partial charge is 0.356 e. The van der Waals surface area contributed by atoms with E-state index in [0.717, 1.165) is 34.8 Å². The normalized spacial score (nSPS) is 18.3. The van der Waals surface area contributed by atoms with Gasteiger partial charge in [0.05, 0.1) is 5.02 Å². The zero-order chi connectivity index (χ0) is 14.8. The molecule has 2 fully saturated rings. The molecule has 3 nitrogen and oxygen atoms in total. The van der Waals surface area contributed by atoms with Crippen LogP contribution in [0.3, 0.4) is 0 Å². The standard InChI is InChI=1S/C17H26ClN3/c1-12(2)19-8-15-7-17(20-9-16(15)18)21(10-13-3-4-13)11-14-5-6-14/h7,9,12-14,19H,3-6,8,10-11H2,1-2H3. The van der Waals surface area contributed by atoms with Crippen molar-refractivity contribution in [2.75, 3.05) is 18.0 Å². The topological polar surface area (TPSA) is 28.2 Å². The van der Waals surface area contributed by atoms with Gasteiger partial charge in [-0.05, 0) is 49.1 Å². The number of pyridine rings is 1. The van der Waals surface area contributed by atoms with Crippen molar-refractivity contribution in [3.63, 3.8) is 0 Å². The maximum absolute atomic E-state index is 6.30. The minimum atomic E-state index is 0.465. The number of halogens is 1. The third kappa shape index (κ3) is 4.58. The average Bonchev–Trinajstić information content (AvgIpc) is 3.32. The first kappa shape index (κ1) is 15.1. The summed E-state index contributed by atoms with van der Waals surface area (Å²) in [5.74, 6) is 2.88. The third-order valence-corrected chi connectivity index (χ3v) is 4.64. The predicted molar refractivity (Wildman–Crippen MR) is 88.9 cm³/mol. The molecule has 116 valence electrons. The minimum absolute atomic E-state index is 0.465. The quantitative estimate of drug-likeness (QED) is 0.790. The fourth-order valence-electron chi connectivity index (χ4n) is 2.58. The summed E-state index contributed by atoms with van der Waals surface area (Å²) in [5, 5.41) is 4.21. The van der Waals surface area contributed by atoms with E-state index in [9.17, 15) is 0 Å². The van der Waals surface area contributed by atoms with Gasteiger partial charge in [0.2, 0.25) is 0 Å². The first-order valence-electron chi connectivity index (χ1n) is 8.24. The zero-order valence-electron chi connectivity index (χ0n) is 13.1. The highest BCUT2D eigenvalue weighted by Gasteiger charge is 2.30. The van der Waals surface area contributed by atoms with Gasteiger partial charge < -0.3 is 10.2 Å².